The van der Waals surface area contributed by atoms with E-state index in [9.17, 15) is 19.5 Å². The van der Waals surface area contributed by atoms with Crippen molar-refractivity contribution in [2.75, 3.05) is 6.61 Å². The van der Waals surface area contributed by atoms with Crippen molar-refractivity contribution in [2.45, 2.75) is 154 Å². The second-order valence-corrected chi connectivity index (χ2v) is 11.3. The maximum absolute atomic E-state index is 11.9. The molecule has 0 aromatic heterocycles. The van der Waals surface area contributed by atoms with E-state index in [2.05, 4.69) is 6.92 Å². The van der Waals surface area contributed by atoms with Crippen LogP contribution in [0.3, 0.4) is 0 Å². The van der Waals surface area contributed by atoms with Crippen molar-refractivity contribution < 1.29 is 33.7 Å². The number of rotatable bonds is 22. The van der Waals surface area contributed by atoms with Crippen LogP contribution < -0.4 is 5.73 Å². The number of cyclic esters (lactones) is 1. The normalized spacial score (nSPS) is 25.9. The Hall–Kier alpha value is -1.67. The van der Waals surface area contributed by atoms with Crippen LogP contribution >= 0.6 is 0 Å². The zero-order valence-corrected chi connectivity index (χ0v) is 23.9. The number of hydrogen-bond donors (Lipinski definition) is 2. The van der Waals surface area contributed by atoms with Crippen LogP contribution in [0, 0.1) is 11.8 Å². The van der Waals surface area contributed by atoms with Crippen molar-refractivity contribution in [1.82, 2.24) is 0 Å². The highest BCUT2D eigenvalue weighted by Crippen LogP contribution is 2.37. The molecule has 0 aromatic carbocycles. The average molecular weight is 540 g/mol. The summed E-state index contributed by atoms with van der Waals surface area (Å²) in [5.41, 5.74) is 5.36. The highest BCUT2D eigenvalue weighted by Gasteiger charge is 2.54. The molecule has 2 saturated heterocycles. The van der Waals surface area contributed by atoms with E-state index in [0.29, 0.717) is 19.3 Å². The molecule has 0 radical (unpaired) electrons. The molecule has 2 unspecified atom stereocenters. The molecule has 2 rings (SSSR count). The summed E-state index contributed by atoms with van der Waals surface area (Å²) in [6.45, 7) is 4.31. The Bertz CT molecular complexity index is 699. The van der Waals surface area contributed by atoms with Gasteiger partial charge in [0.05, 0.1) is 18.6 Å². The van der Waals surface area contributed by atoms with Gasteiger partial charge in [0, 0.05) is 0 Å². The summed E-state index contributed by atoms with van der Waals surface area (Å²) in [5, 5.41) is 9.61. The first-order valence-corrected chi connectivity index (χ1v) is 15.4. The minimum atomic E-state index is -2.45. The van der Waals surface area contributed by atoms with Crippen LogP contribution in [-0.4, -0.2) is 47.6 Å². The molecule has 0 spiro atoms. The molecule has 3 N–H and O–H groups in total. The van der Waals surface area contributed by atoms with Gasteiger partial charge in [-0.2, -0.15) is 0 Å². The highest BCUT2D eigenvalue weighted by atomic mass is 16.7. The van der Waals surface area contributed by atoms with E-state index < -0.39 is 23.8 Å². The molecule has 220 valence electrons. The molecule has 2 heterocycles. The Balaban J connectivity index is 1.70. The smallest absolute Gasteiger partial charge is 0.375 e. The van der Waals surface area contributed by atoms with Crippen LogP contribution in [0.15, 0.2) is 0 Å². The van der Waals surface area contributed by atoms with Crippen LogP contribution in [0.1, 0.15) is 136 Å². The average Bonchev–Trinajstić information content (AvgIpc) is 2.89. The molecule has 8 nitrogen and oxygen atoms in total. The van der Waals surface area contributed by atoms with E-state index in [-0.39, 0.29) is 30.5 Å². The highest BCUT2D eigenvalue weighted by molar-refractivity contribution is 6.03. The Morgan fingerprint density at radius 3 is 1.89 bits per heavy atom. The van der Waals surface area contributed by atoms with Crippen LogP contribution in [0.25, 0.3) is 0 Å². The summed E-state index contributed by atoms with van der Waals surface area (Å²) < 4.78 is 16.4. The number of esters is 1. The molecular formula is C30H53NO7. The molecule has 0 aliphatic carbocycles. The minimum Gasteiger partial charge on any atom is -0.477 e. The predicted molar refractivity (Wildman–Crippen MR) is 146 cm³/mol. The third-order valence-corrected chi connectivity index (χ3v) is 8.33. The predicted octanol–water partition coefficient (Wildman–Crippen LogP) is 6.28. The third-order valence-electron chi connectivity index (χ3n) is 8.33. The van der Waals surface area contributed by atoms with Gasteiger partial charge in [-0.05, 0) is 31.6 Å². The van der Waals surface area contributed by atoms with Gasteiger partial charge in [0.15, 0.2) is 0 Å². The Kier molecular flexibility index (Phi) is 15.3. The lowest BCUT2D eigenvalue weighted by molar-refractivity contribution is -0.282. The summed E-state index contributed by atoms with van der Waals surface area (Å²) in [4.78, 5) is 35.6. The second-order valence-electron chi connectivity index (χ2n) is 11.3. The molecule has 0 bridgehead atoms. The van der Waals surface area contributed by atoms with Gasteiger partial charge in [-0.3, -0.25) is 9.59 Å². The molecule has 0 saturated carbocycles. The van der Waals surface area contributed by atoms with Gasteiger partial charge >= 0.3 is 17.7 Å². The van der Waals surface area contributed by atoms with Gasteiger partial charge in [0.25, 0.3) is 5.91 Å². The molecular weight excluding hydrogens is 486 g/mol. The van der Waals surface area contributed by atoms with Crippen LogP contribution in [0.2, 0.25) is 0 Å². The van der Waals surface area contributed by atoms with Crippen molar-refractivity contribution in [3.63, 3.8) is 0 Å². The van der Waals surface area contributed by atoms with Gasteiger partial charge < -0.3 is 25.1 Å². The van der Waals surface area contributed by atoms with E-state index in [1.807, 2.05) is 6.92 Å². The SMILES string of the molecule is CCCCCCCCCCCCCCCCCC(C[C@@H]1OC(=O)[C@H]1CC)C1CCO[C@](C(N)=O)(C(=O)O)O1. The first kappa shape index (κ1) is 32.5. The van der Waals surface area contributed by atoms with Gasteiger partial charge in [-0.15, -0.1) is 0 Å². The topological polar surface area (TPSA) is 125 Å². The standard InChI is InChI=1S/C30H53NO7/c1-3-5-6-7-8-9-10-11-12-13-14-15-16-17-18-19-23(22-26-24(4-2)27(32)37-26)25-20-21-36-30(38-25,28(31)33)29(34)35/h23-26H,3-22H2,1-2H3,(H2,31,33)(H,34,35)/t23?,24-,25?,26-,30-/m0/s1. The fourth-order valence-corrected chi connectivity index (χ4v) is 5.88. The van der Waals surface area contributed by atoms with Crippen molar-refractivity contribution in [3.8, 4) is 0 Å². The quantitative estimate of drug-likeness (QED) is 0.0942. The zero-order chi connectivity index (χ0) is 27.8. The van der Waals surface area contributed by atoms with E-state index in [4.69, 9.17) is 19.9 Å². The first-order valence-electron chi connectivity index (χ1n) is 15.4. The van der Waals surface area contributed by atoms with Gasteiger partial charge in [-0.25, -0.2) is 4.79 Å². The number of carbonyl (C=O) groups is 3. The number of carbonyl (C=O) groups excluding carboxylic acids is 2. The first-order chi connectivity index (χ1) is 18.4. The number of amides is 1. The maximum atomic E-state index is 11.9. The summed E-state index contributed by atoms with van der Waals surface area (Å²) in [5.74, 6) is -5.46. The molecule has 0 aromatic rings. The van der Waals surface area contributed by atoms with Crippen LogP contribution in [0.5, 0.6) is 0 Å². The summed E-state index contributed by atoms with van der Waals surface area (Å²) in [6.07, 6.45) is 21.3. The van der Waals surface area contributed by atoms with Crippen molar-refractivity contribution in [1.29, 1.82) is 0 Å². The number of unbranched alkanes of at least 4 members (excludes halogenated alkanes) is 14. The fourth-order valence-electron chi connectivity index (χ4n) is 5.88. The van der Waals surface area contributed by atoms with Crippen molar-refractivity contribution in [2.24, 2.45) is 17.6 Å². The summed E-state index contributed by atoms with van der Waals surface area (Å²) in [7, 11) is 0. The number of nitrogens with two attached hydrogens (primary N) is 1. The maximum Gasteiger partial charge on any atom is 0.375 e. The second kappa shape index (κ2) is 17.8. The minimum absolute atomic E-state index is 0.0360. The number of hydrogen-bond acceptors (Lipinski definition) is 6. The fraction of sp³-hybridized carbons (Fsp3) is 0.900. The van der Waals surface area contributed by atoms with Gasteiger partial charge in [0.1, 0.15) is 6.10 Å². The monoisotopic (exact) mass is 539 g/mol. The van der Waals surface area contributed by atoms with E-state index >= 15 is 0 Å². The van der Waals surface area contributed by atoms with Crippen molar-refractivity contribution >= 4 is 17.8 Å². The number of primary amides is 1. The van der Waals surface area contributed by atoms with E-state index in [0.717, 1.165) is 19.3 Å². The summed E-state index contributed by atoms with van der Waals surface area (Å²) in [6, 6.07) is 0. The number of ether oxygens (including phenoxy) is 3. The molecule has 2 aliphatic rings. The zero-order valence-electron chi connectivity index (χ0n) is 23.9. The lowest BCUT2D eigenvalue weighted by Crippen LogP contribution is -2.60. The molecule has 1 amide bonds. The number of carboxylic acids is 1. The Labute approximate surface area is 229 Å². The Morgan fingerprint density at radius 1 is 0.921 bits per heavy atom. The van der Waals surface area contributed by atoms with Gasteiger partial charge in [0.2, 0.25) is 0 Å². The van der Waals surface area contributed by atoms with Crippen molar-refractivity contribution in [3.05, 3.63) is 0 Å². The molecule has 38 heavy (non-hydrogen) atoms. The molecule has 2 fully saturated rings. The van der Waals surface area contributed by atoms with Crippen LogP contribution in [0.4, 0.5) is 0 Å². The van der Waals surface area contributed by atoms with Gasteiger partial charge in [-0.1, -0.05) is 110 Å². The number of carboxylic acid groups (broad SMARTS) is 1. The van der Waals surface area contributed by atoms with E-state index in [1.54, 1.807) is 0 Å². The largest absolute Gasteiger partial charge is 0.477 e. The number of aliphatic carboxylic acids is 1. The summed E-state index contributed by atoms with van der Waals surface area (Å²) >= 11 is 0. The molecule has 5 atom stereocenters. The van der Waals surface area contributed by atoms with E-state index in [1.165, 1.54) is 83.5 Å². The lowest BCUT2D eigenvalue weighted by Gasteiger charge is -2.42. The lowest BCUT2D eigenvalue weighted by atomic mass is 9.81. The Morgan fingerprint density at radius 2 is 1.45 bits per heavy atom. The third kappa shape index (κ3) is 10.1. The molecule has 8 heteroatoms. The molecule has 2 aliphatic heterocycles. The van der Waals surface area contributed by atoms with Crippen LogP contribution in [-0.2, 0) is 28.6 Å².